The van der Waals surface area contributed by atoms with Gasteiger partial charge in [0.1, 0.15) is 6.26 Å². The molecule has 2 aromatic rings. The first kappa shape index (κ1) is 15.5. The summed E-state index contributed by atoms with van der Waals surface area (Å²) in [6.45, 7) is 0. The van der Waals surface area contributed by atoms with E-state index in [0.29, 0.717) is 12.0 Å². The van der Waals surface area contributed by atoms with Crippen molar-refractivity contribution in [1.82, 2.24) is 20.2 Å². The molecule has 7 nitrogen and oxygen atoms in total. The first-order chi connectivity index (χ1) is 9.67. The Labute approximate surface area is 117 Å². The Kier molecular flexibility index (Phi) is 4.03. The second-order valence-corrected chi connectivity index (χ2v) is 6.60. The zero-order valence-electron chi connectivity index (χ0n) is 10.8. The van der Waals surface area contributed by atoms with Gasteiger partial charge in [-0.3, -0.25) is 4.68 Å². The van der Waals surface area contributed by atoms with Gasteiger partial charge < -0.3 is 4.52 Å². The molecule has 21 heavy (non-hydrogen) atoms. The molecule has 0 fully saturated rings. The maximum Gasteiger partial charge on any atom is 0.437 e. The van der Waals surface area contributed by atoms with Crippen LogP contribution in [0.4, 0.5) is 13.2 Å². The molecule has 2 heterocycles. The van der Waals surface area contributed by atoms with Gasteiger partial charge in [0.25, 0.3) is 0 Å². The van der Waals surface area contributed by atoms with Gasteiger partial charge in [-0.15, -0.1) is 5.10 Å². The van der Waals surface area contributed by atoms with Crippen LogP contribution in [0.15, 0.2) is 17.0 Å². The average molecular weight is 324 g/mol. The van der Waals surface area contributed by atoms with Gasteiger partial charge >= 0.3 is 6.18 Å². The Morgan fingerprint density at radius 1 is 1.38 bits per heavy atom. The van der Waals surface area contributed by atoms with Crippen molar-refractivity contribution in [2.45, 2.75) is 18.3 Å². The third-order valence-corrected chi connectivity index (χ3v) is 4.18. The quantitative estimate of drug-likeness (QED) is 0.814. The smallest absolute Gasteiger partial charge is 0.364 e. The number of halogens is 3. The van der Waals surface area contributed by atoms with Crippen LogP contribution in [-0.4, -0.2) is 34.3 Å². The molecule has 0 aromatic carbocycles. The third kappa shape index (κ3) is 4.03. The lowest BCUT2D eigenvalue weighted by Crippen LogP contribution is -2.15. The number of sulfone groups is 1. The summed E-state index contributed by atoms with van der Waals surface area (Å²) in [5.74, 6) is -1.13. The molecule has 0 aliphatic rings. The monoisotopic (exact) mass is 324 g/mol. The Morgan fingerprint density at radius 2 is 2.10 bits per heavy atom. The second kappa shape index (κ2) is 5.47. The van der Waals surface area contributed by atoms with Gasteiger partial charge in [0.05, 0.1) is 17.2 Å². The summed E-state index contributed by atoms with van der Waals surface area (Å²) in [7, 11) is -2.13. The van der Waals surface area contributed by atoms with Gasteiger partial charge in [-0.25, -0.2) is 8.42 Å². The number of hydrogen-bond acceptors (Lipinski definition) is 6. The van der Waals surface area contributed by atoms with E-state index in [9.17, 15) is 21.6 Å². The summed E-state index contributed by atoms with van der Waals surface area (Å²) in [5.41, 5.74) is -1.37. The molecule has 0 aliphatic heterocycles. The first-order valence-corrected chi connectivity index (χ1v) is 7.55. The fourth-order valence-electron chi connectivity index (χ4n) is 1.67. The first-order valence-electron chi connectivity index (χ1n) is 5.73. The van der Waals surface area contributed by atoms with Crippen molar-refractivity contribution in [3.8, 4) is 0 Å². The van der Waals surface area contributed by atoms with E-state index >= 15 is 0 Å². The van der Waals surface area contributed by atoms with Gasteiger partial charge in [-0.1, -0.05) is 10.4 Å². The number of nitrogens with zero attached hydrogens (tertiary/aromatic N) is 4. The van der Waals surface area contributed by atoms with Gasteiger partial charge in [0, 0.05) is 25.2 Å². The average Bonchev–Trinajstić information content (AvgIpc) is 2.94. The number of alkyl halides is 3. The van der Waals surface area contributed by atoms with E-state index in [1.165, 1.54) is 10.9 Å². The van der Waals surface area contributed by atoms with E-state index in [-0.39, 0.29) is 12.2 Å². The molecule has 0 aliphatic carbocycles. The lowest BCUT2D eigenvalue weighted by molar-refractivity contribution is -0.143. The molecule has 2 rings (SSSR count). The van der Waals surface area contributed by atoms with Gasteiger partial charge in [0.15, 0.2) is 15.5 Å². The highest BCUT2D eigenvalue weighted by atomic mass is 32.2. The fraction of sp³-hybridized carbons (Fsp3) is 0.500. The van der Waals surface area contributed by atoms with Crippen LogP contribution in [0.3, 0.4) is 0 Å². The number of aromatic nitrogens is 4. The Bertz CT molecular complexity index is 720. The molecule has 2 aromatic heterocycles. The van der Waals surface area contributed by atoms with Crippen molar-refractivity contribution in [1.29, 1.82) is 0 Å². The van der Waals surface area contributed by atoms with Crippen LogP contribution < -0.4 is 0 Å². The number of aryl methyl sites for hydroxylation is 2. The highest BCUT2D eigenvalue weighted by Gasteiger charge is 2.38. The predicted molar refractivity (Wildman–Crippen MR) is 63.7 cm³/mol. The van der Waals surface area contributed by atoms with E-state index in [2.05, 4.69) is 20.0 Å². The minimum Gasteiger partial charge on any atom is -0.364 e. The van der Waals surface area contributed by atoms with Crippen LogP contribution in [0.5, 0.6) is 0 Å². The van der Waals surface area contributed by atoms with Gasteiger partial charge in [0.2, 0.25) is 0 Å². The van der Waals surface area contributed by atoms with Crippen molar-refractivity contribution in [2.75, 3.05) is 5.75 Å². The summed E-state index contributed by atoms with van der Waals surface area (Å²) in [4.78, 5) is 0. The Balaban J connectivity index is 2.06. The van der Waals surface area contributed by atoms with Crippen LogP contribution in [-0.2, 0) is 35.2 Å². The van der Waals surface area contributed by atoms with Crippen LogP contribution in [0.25, 0.3) is 0 Å². The normalized spacial score (nSPS) is 12.8. The van der Waals surface area contributed by atoms with Crippen molar-refractivity contribution < 1.29 is 26.1 Å². The minimum absolute atomic E-state index is 0.0722. The third-order valence-electron chi connectivity index (χ3n) is 2.61. The molecular weight excluding hydrogens is 313 g/mol. The summed E-state index contributed by atoms with van der Waals surface area (Å²) in [6.07, 6.45) is -2.44. The predicted octanol–water partition coefficient (Wildman–Crippen LogP) is 0.979. The van der Waals surface area contributed by atoms with E-state index < -0.39 is 33.0 Å². The topological polar surface area (TPSA) is 90.9 Å². The molecule has 0 unspecified atom stereocenters. The Hall–Kier alpha value is -1.91. The zero-order valence-corrected chi connectivity index (χ0v) is 11.6. The van der Waals surface area contributed by atoms with Gasteiger partial charge in [-0.2, -0.15) is 13.2 Å². The molecule has 116 valence electrons. The molecule has 0 amide bonds. The largest absolute Gasteiger partial charge is 0.437 e. The molecule has 0 atom stereocenters. The van der Waals surface area contributed by atoms with Crippen molar-refractivity contribution >= 4 is 9.84 Å². The maximum atomic E-state index is 12.6. The molecule has 0 saturated heterocycles. The van der Waals surface area contributed by atoms with E-state index in [1.807, 2.05) is 0 Å². The lowest BCUT2D eigenvalue weighted by Gasteiger charge is -2.05. The summed E-state index contributed by atoms with van der Waals surface area (Å²) in [6, 6.07) is 0. The van der Waals surface area contributed by atoms with E-state index in [4.69, 9.17) is 0 Å². The SMILES string of the molecule is Cn1cc(CCS(=O)(=O)Cc2conc2C(F)(F)F)nn1. The zero-order chi connectivity index (χ0) is 15.7. The molecule has 0 spiro atoms. The molecule has 11 heteroatoms. The van der Waals surface area contributed by atoms with Crippen LogP contribution in [0.2, 0.25) is 0 Å². The summed E-state index contributed by atoms with van der Waals surface area (Å²) < 4.78 is 67.1. The highest BCUT2D eigenvalue weighted by molar-refractivity contribution is 7.90. The minimum atomic E-state index is -4.75. The standard InChI is InChI=1S/C10H11F3N4O3S/c1-17-4-8(14-16-17)2-3-21(18,19)6-7-5-20-15-9(7)10(11,12)13/h4-5H,2-3,6H2,1H3. The molecule has 0 bridgehead atoms. The van der Waals surface area contributed by atoms with Crippen molar-refractivity contribution in [3.63, 3.8) is 0 Å². The highest BCUT2D eigenvalue weighted by Crippen LogP contribution is 2.31. The molecular formula is C10H11F3N4O3S. The number of hydrogen-bond donors (Lipinski definition) is 0. The van der Waals surface area contributed by atoms with Crippen molar-refractivity contribution in [3.05, 3.63) is 29.4 Å². The summed E-state index contributed by atoms with van der Waals surface area (Å²) in [5, 5.41) is 10.2. The van der Waals surface area contributed by atoms with Crippen LogP contribution >= 0.6 is 0 Å². The number of rotatable bonds is 5. The van der Waals surface area contributed by atoms with E-state index in [0.717, 1.165) is 0 Å². The Morgan fingerprint density at radius 3 is 2.67 bits per heavy atom. The van der Waals surface area contributed by atoms with Gasteiger partial charge in [-0.05, 0) is 0 Å². The molecule has 0 N–H and O–H groups in total. The van der Waals surface area contributed by atoms with Crippen LogP contribution in [0.1, 0.15) is 17.0 Å². The second-order valence-electron chi connectivity index (χ2n) is 4.41. The molecule has 0 radical (unpaired) electrons. The molecule has 0 saturated carbocycles. The van der Waals surface area contributed by atoms with Crippen LogP contribution in [0, 0.1) is 0 Å². The van der Waals surface area contributed by atoms with E-state index in [1.54, 1.807) is 7.05 Å². The maximum absolute atomic E-state index is 12.6. The van der Waals surface area contributed by atoms with Crippen molar-refractivity contribution in [2.24, 2.45) is 7.05 Å². The summed E-state index contributed by atoms with van der Waals surface area (Å²) >= 11 is 0. The lowest BCUT2D eigenvalue weighted by atomic mass is 10.3. The fourth-order valence-corrected chi connectivity index (χ4v) is 3.02.